The van der Waals surface area contributed by atoms with E-state index in [0.29, 0.717) is 23.6 Å². The number of amides is 1. The number of nitrogens with two attached hydrogens (primary N) is 2. The molecule has 0 aliphatic carbocycles. The number of aromatic nitrogens is 2. The molecule has 0 radical (unpaired) electrons. The van der Waals surface area contributed by atoms with Crippen LogP contribution < -0.4 is 26.4 Å². The fourth-order valence-electron chi connectivity index (χ4n) is 3.99. The number of carbonyl (C=O) groups is 1. The number of aliphatic hydroxyl groups is 1. The van der Waals surface area contributed by atoms with Crippen molar-refractivity contribution in [1.29, 1.82) is 0 Å². The van der Waals surface area contributed by atoms with Crippen LogP contribution >= 0.6 is 0 Å². The van der Waals surface area contributed by atoms with Crippen molar-refractivity contribution in [1.82, 2.24) is 14.9 Å². The van der Waals surface area contributed by atoms with Gasteiger partial charge in [-0.3, -0.25) is 9.69 Å². The molecule has 0 bridgehead atoms. The van der Waals surface area contributed by atoms with Gasteiger partial charge in [-0.15, -0.1) is 0 Å². The van der Waals surface area contributed by atoms with Gasteiger partial charge in [-0.1, -0.05) is 13.0 Å². The molecule has 1 amide bonds. The second-order valence-corrected chi connectivity index (χ2v) is 8.50. The summed E-state index contributed by atoms with van der Waals surface area (Å²) >= 11 is 0. The molecule has 1 saturated heterocycles. The molecule has 3 aromatic rings. The Morgan fingerprint density at radius 1 is 1.20 bits per heavy atom. The minimum Gasteiger partial charge on any atom is -0.437 e. The number of piperazine rings is 1. The molecule has 1 aliphatic rings. The van der Waals surface area contributed by atoms with Crippen LogP contribution in [0.1, 0.15) is 23.1 Å². The summed E-state index contributed by atoms with van der Waals surface area (Å²) in [4.78, 5) is 25.5. The van der Waals surface area contributed by atoms with Crippen LogP contribution in [0.5, 0.6) is 11.6 Å². The van der Waals surface area contributed by atoms with E-state index in [0.717, 1.165) is 31.0 Å². The van der Waals surface area contributed by atoms with Gasteiger partial charge in [0, 0.05) is 42.8 Å². The van der Waals surface area contributed by atoms with Crippen LogP contribution in [-0.4, -0.2) is 65.2 Å². The van der Waals surface area contributed by atoms with Gasteiger partial charge < -0.3 is 31.5 Å². The van der Waals surface area contributed by atoms with Gasteiger partial charge in [0.2, 0.25) is 5.88 Å². The van der Waals surface area contributed by atoms with E-state index in [2.05, 4.69) is 25.1 Å². The van der Waals surface area contributed by atoms with Crippen LogP contribution in [-0.2, 0) is 6.42 Å². The number of hydrogen-bond donors (Lipinski definition) is 4. The van der Waals surface area contributed by atoms with Gasteiger partial charge in [-0.2, -0.15) is 4.98 Å². The van der Waals surface area contributed by atoms with Gasteiger partial charge >= 0.3 is 0 Å². The Morgan fingerprint density at radius 3 is 2.63 bits per heavy atom. The molecule has 2 aromatic carbocycles. The second-order valence-electron chi connectivity index (χ2n) is 8.50. The fourth-order valence-corrected chi connectivity index (χ4v) is 3.99. The average Bonchev–Trinajstić information content (AvgIpc) is 2.85. The third-order valence-corrected chi connectivity index (χ3v) is 6.06. The van der Waals surface area contributed by atoms with E-state index in [-0.39, 0.29) is 30.0 Å². The van der Waals surface area contributed by atoms with Crippen molar-refractivity contribution in [2.24, 2.45) is 5.73 Å². The van der Waals surface area contributed by atoms with Crippen molar-refractivity contribution >= 4 is 28.8 Å². The lowest BCUT2D eigenvalue weighted by Crippen LogP contribution is -2.53. The van der Waals surface area contributed by atoms with Crippen molar-refractivity contribution < 1.29 is 14.6 Å². The number of likely N-dealkylation sites (N-methyl/N-ethyl adjacent to an activating group) is 1. The number of hydrogen-bond acceptors (Lipinski definition) is 9. The number of ether oxygens (including phenoxy) is 1. The van der Waals surface area contributed by atoms with E-state index in [9.17, 15) is 9.90 Å². The van der Waals surface area contributed by atoms with E-state index < -0.39 is 5.91 Å². The molecule has 6 N–H and O–H groups in total. The number of anilines is 4. The molecule has 0 unspecified atom stereocenters. The summed E-state index contributed by atoms with van der Waals surface area (Å²) in [7, 11) is 2.02. The van der Waals surface area contributed by atoms with Crippen LogP contribution in [0, 0.1) is 0 Å². The minimum absolute atomic E-state index is 0.0377. The highest BCUT2D eigenvalue weighted by molar-refractivity contribution is 5.96. The third kappa shape index (κ3) is 5.61. The lowest BCUT2D eigenvalue weighted by Gasteiger charge is -2.39. The van der Waals surface area contributed by atoms with Gasteiger partial charge in [-0.25, -0.2) is 4.98 Å². The van der Waals surface area contributed by atoms with E-state index >= 15 is 0 Å². The lowest BCUT2D eigenvalue weighted by molar-refractivity contribution is 0.0996. The molecule has 1 atom stereocenters. The van der Waals surface area contributed by atoms with Crippen LogP contribution in [0.25, 0.3) is 0 Å². The van der Waals surface area contributed by atoms with Crippen LogP contribution in [0.15, 0.2) is 48.5 Å². The molecule has 4 rings (SSSR count). The summed E-state index contributed by atoms with van der Waals surface area (Å²) in [5.74, 6) is 0.315. The molecule has 0 spiro atoms. The first kappa shape index (κ1) is 24.2. The highest BCUT2D eigenvalue weighted by Crippen LogP contribution is 2.29. The number of nitrogens with one attached hydrogen (secondary N) is 1. The molecule has 0 saturated carbocycles. The van der Waals surface area contributed by atoms with Crippen molar-refractivity contribution in [3.05, 3.63) is 59.9 Å². The average molecular weight is 478 g/mol. The summed E-state index contributed by atoms with van der Waals surface area (Å²) < 4.78 is 5.95. The number of primary amides is 1. The largest absolute Gasteiger partial charge is 0.437 e. The maximum Gasteiger partial charge on any atom is 0.271 e. The highest BCUT2D eigenvalue weighted by Gasteiger charge is 2.24. The number of nitrogen functional groups attached to an aromatic ring is 1. The summed E-state index contributed by atoms with van der Waals surface area (Å²) in [5, 5.41) is 12.8. The maximum absolute atomic E-state index is 12.1. The van der Waals surface area contributed by atoms with E-state index in [1.54, 1.807) is 24.3 Å². The molecular weight excluding hydrogens is 446 g/mol. The Hall–Kier alpha value is -3.89. The van der Waals surface area contributed by atoms with Gasteiger partial charge in [-0.05, 0) is 49.9 Å². The first-order valence-corrected chi connectivity index (χ1v) is 11.5. The van der Waals surface area contributed by atoms with Gasteiger partial charge in [0.05, 0.1) is 12.6 Å². The predicted octanol–water partition coefficient (Wildman–Crippen LogP) is 2.37. The zero-order chi connectivity index (χ0) is 24.9. The number of benzene rings is 2. The number of rotatable bonds is 8. The maximum atomic E-state index is 12.1. The van der Waals surface area contributed by atoms with Crippen molar-refractivity contribution in [2.75, 3.05) is 49.2 Å². The Bertz CT molecular complexity index is 1190. The standard InChI is InChI=1S/C25H31N7O3/c1-3-21-25(35-20-6-4-5-16(26)13-20)30-24(22(29-21)23(27)34)28-17-7-9-18(10-8-17)32-12-11-31(2)19(14-32)15-33/h4-10,13,19,33H,3,11-12,14-15,26H2,1-2H3,(H2,27,34)(H,28,30)/t19-/m0/s1. The second kappa shape index (κ2) is 10.6. The number of aryl methyl sites for hydroxylation is 1. The summed E-state index contributed by atoms with van der Waals surface area (Å²) in [6.45, 7) is 4.52. The molecular formula is C25H31N7O3. The SMILES string of the molecule is CCc1nc(C(N)=O)c(Nc2ccc(N3CCN(C)[C@H](CO)C3)cc2)nc1Oc1cccc(N)c1. The molecule has 10 heteroatoms. The summed E-state index contributed by atoms with van der Waals surface area (Å²) in [5.41, 5.74) is 14.3. The van der Waals surface area contributed by atoms with Crippen LogP contribution in [0.3, 0.4) is 0 Å². The van der Waals surface area contributed by atoms with E-state index in [4.69, 9.17) is 16.2 Å². The zero-order valence-electron chi connectivity index (χ0n) is 19.9. The molecule has 10 nitrogen and oxygen atoms in total. The van der Waals surface area contributed by atoms with Crippen LogP contribution in [0.4, 0.5) is 22.9 Å². The van der Waals surface area contributed by atoms with Crippen molar-refractivity contribution in [2.45, 2.75) is 19.4 Å². The Balaban J connectivity index is 1.58. The van der Waals surface area contributed by atoms with Gasteiger partial charge in [0.1, 0.15) is 11.4 Å². The molecule has 2 heterocycles. The fraction of sp³-hybridized carbons (Fsp3) is 0.320. The summed E-state index contributed by atoms with van der Waals surface area (Å²) in [6, 6.07) is 14.9. The molecule has 1 fully saturated rings. The first-order valence-electron chi connectivity index (χ1n) is 11.5. The third-order valence-electron chi connectivity index (χ3n) is 6.06. The lowest BCUT2D eigenvalue weighted by atomic mass is 10.1. The van der Waals surface area contributed by atoms with E-state index in [1.165, 1.54) is 0 Å². The molecule has 1 aliphatic heterocycles. The summed E-state index contributed by atoms with van der Waals surface area (Å²) in [6.07, 6.45) is 0.500. The zero-order valence-corrected chi connectivity index (χ0v) is 19.9. The minimum atomic E-state index is -0.686. The highest BCUT2D eigenvalue weighted by atomic mass is 16.5. The quantitative estimate of drug-likeness (QED) is 0.360. The Morgan fingerprint density at radius 2 is 1.97 bits per heavy atom. The first-order chi connectivity index (χ1) is 16.9. The number of carbonyl (C=O) groups excluding carboxylic acids is 1. The molecule has 1 aromatic heterocycles. The van der Waals surface area contributed by atoms with Crippen LogP contribution in [0.2, 0.25) is 0 Å². The Kier molecular flexibility index (Phi) is 7.33. The number of nitrogens with zero attached hydrogens (tertiary/aromatic N) is 4. The topological polar surface area (TPSA) is 143 Å². The normalized spacial score (nSPS) is 16.2. The molecule has 35 heavy (non-hydrogen) atoms. The molecule has 184 valence electrons. The monoisotopic (exact) mass is 477 g/mol. The van der Waals surface area contributed by atoms with Crippen molar-refractivity contribution in [3.8, 4) is 11.6 Å². The van der Waals surface area contributed by atoms with Gasteiger partial charge in [0.15, 0.2) is 11.5 Å². The number of aliphatic hydroxyl groups excluding tert-OH is 1. The Labute approximate surface area is 204 Å². The smallest absolute Gasteiger partial charge is 0.271 e. The predicted molar refractivity (Wildman–Crippen MR) is 136 cm³/mol. The van der Waals surface area contributed by atoms with E-state index in [1.807, 2.05) is 38.2 Å². The van der Waals surface area contributed by atoms with Crippen molar-refractivity contribution in [3.63, 3.8) is 0 Å². The van der Waals surface area contributed by atoms with Gasteiger partial charge in [0.25, 0.3) is 5.91 Å².